The Morgan fingerprint density at radius 2 is 2.22 bits per heavy atom. The summed E-state index contributed by atoms with van der Waals surface area (Å²) in [5, 5.41) is 0. The second-order valence-electron chi connectivity index (χ2n) is 1.99. The predicted molar refractivity (Wildman–Crippen MR) is 48.8 cm³/mol. The molecule has 0 rings (SSSR count). The highest BCUT2D eigenvalue weighted by atomic mass is 13.7. The Morgan fingerprint density at radius 3 is 2.67 bits per heavy atom. The monoisotopic (exact) mass is 118 g/mol. The largest absolute Gasteiger partial charge is 0.117 e. The molecule has 9 heavy (non-hydrogen) atoms. The van der Waals surface area contributed by atoms with Gasteiger partial charge < -0.3 is 0 Å². The van der Waals surface area contributed by atoms with E-state index in [2.05, 4.69) is 27.3 Å². The first-order chi connectivity index (χ1) is 4.31. The van der Waals surface area contributed by atoms with Gasteiger partial charge in [-0.3, -0.25) is 0 Å². The molecule has 0 aromatic heterocycles. The van der Waals surface area contributed by atoms with Crippen LogP contribution in [-0.2, 0) is 0 Å². The van der Waals surface area contributed by atoms with Crippen LogP contribution in [0.25, 0.3) is 0 Å². The van der Waals surface area contributed by atoms with Crippen LogP contribution >= 0.6 is 0 Å². The minimum atomic E-state index is 1.13. The highest BCUT2D eigenvalue weighted by Gasteiger charge is 1.79. The van der Waals surface area contributed by atoms with E-state index in [4.69, 9.17) is 0 Å². The average Bonchev–Trinajstić information content (AvgIpc) is 1.89. The summed E-state index contributed by atoms with van der Waals surface area (Å²) < 4.78 is 0. The quantitative estimate of drug-likeness (QED) is 0.376. The van der Waals surface area contributed by atoms with Crippen LogP contribution < -0.4 is 0 Å². The van der Waals surface area contributed by atoms with E-state index >= 15 is 0 Å². The summed E-state index contributed by atoms with van der Waals surface area (Å²) >= 11 is 0. The van der Waals surface area contributed by atoms with Crippen LogP contribution in [0.4, 0.5) is 0 Å². The van der Waals surface area contributed by atoms with E-state index in [1.165, 1.54) is 5.47 Å². The molecule has 2 heteroatoms. The first kappa shape index (κ1) is 8.35. The van der Waals surface area contributed by atoms with E-state index in [9.17, 15) is 0 Å². The van der Waals surface area contributed by atoms with Crippen molar-refractivity contribution in [3.63, 3.8) is 0 Å². The van der Waals surface area contributed by atoms with E-state index < -0.39 is 0 Å². The summed E-state index contributed by atoms with van der Waals surface area (Å²) in [6.07, 6.45) is 7.81. The molecule has 0 N–H and O–H groups in total. The predicted octanol–water partition coefficient (Wildman–Crippen LogP) is 0.617. The van der Waals surface area contributed by atoms with Gasteiger partial charge in [0.05, 0.1) is 7.74 Å². The first-order valence-corrected chi connectivity index (χ1v) is 3.26. The van der Waals surface area contributed by atoms with Crippen LogP contribution in [0, 0.1) is 0 Å². The smallest absolute Gasteiger partial charge is 0.113 e. The van der Waals surface area contributed by atoms with Crippen LogP contribution in [0.2, 0.25) is 0 Å². The van der Waals surface area contributed by atoms with Crippen LogP contribution in [-0.4, -0.2) is 14.9 Å². The molecule has 0 aliphatic carbocycles. The third-order valence-electron chi connectivity index (χ3n) is 1.19. The van der Waals surface area contributed by atoms with Gasteiger partial charge in [0.1, 0.15) is 7.17 Å². The summed E-state index contributed by atoms with van der Waals surface area (Å²) in [6, 6.07) is 0. The van der Waals surface area contributed by atoms with Crippen molar-refractivity contribution in [2.45, 2.75) is 6.92 Å². The summed E-state index contributed by atoms with van der Waals surface area (Å²) in [6.45, 7) is 5.69. The topological polar surface area (TPSA) is 0 Å². The fraction of sp³-hybridized carbons (Fsp3) is 0.143. The van der Waals surface area contributed by atoms with Gasteiger partial charge in [-0.25, -0.2) is 0 Å². The molecule has 0 saturated carbocycles. The summed E-state index contributed by atoms with van der Waals surface area (Å²) in [4.78, 5) is 0. The van der Waals surface area contributed by atoms with Gasteiger partial charge in [-0.15, -0.1) is 5.47 Å². The summed E-state index contributed by atoms with van der Waals surface area (Å²) in [7, 11) is 3.27. The van der Waals surface area contributed by atoms with E-state index in [0.29, 0.717) is 0 Å². The zero-order chi connectivity index (χ0) is 7.11. The zero-order valence-corrected chi connectivity index (χ0v) is 6.22. The van der Waals surface area contributed by atoms with E-state index in [1.807, 2.05) is 12.2 Å². The maximum atomic E-state index is 3.57. The molecule has 0 aliphatic heterocycles. The lowest BCUT2D eigenvalue weighted by Crippen LogP contribution is -1.88. The normalized spacial score (nSPS) is 11.9. The molecule has 0 radical (unpaired) electrons. The van der Waals surface area contributed by atoms with Gasteiger partial charge in [-0.1, -0.05) is 37.8 Å². The van der Waals surface area contributed by atoms with E-state index in [1.54, 1.807) is 6.08 Å². The summed E-state index contributed by atoms with van der Waals surface area (Å²) in [5.74, 6) is 0. The van der Waals surface area contributed by atoms with Crippen LogP contribution in [0.3, 0.4) is 0 Å². The molecule has 0 fully saturated rings. The Labute approximate surface area is 59.0 Å². The zero-order valence-electron chi connectivity index (χ0n) is 6.22. The van der Waals surface area contributed by atoms with Crippen molar-refractivity contribution in [1.29, 1.82) is 0 Å². The average molecular weight is 118 g/mol. The molecule has 0 heterocycles. The van der Waals surface area contributed by atoms with Gasteiger partial charge in [-0.2, -0.15) is 0 Å². The highest BCUT2D eigenvalue weighted by molar-refractivity contribution is 6.93. The van der Waals surface area contributed by atoms with Gasteiger partial charge >= 0.3 is 0 Å². The van der Waals surface area contributed by atoms with Gasteiger partial charge in [0, 0.05) is 0 Å². The van der Waals surface area contributed by atoms with E-state index in [-0.39, 0.29) is 0 Å². The number of hydrogen-bond donors (Lipinski definition) is 0. The molecule has 0 unspecified atom stereocenters. The van der Waals surface area contributed by atoms with Crippen molar-refractivity contribution >= 4 is 14.9 Å². The Hall–Kier alpha value is -0.650. The fourth-order valence-corrected chi connectivity index (χ4v) is 0.416. The molecule has 0 atom stereocenters. The molecular formula is C7H12B2. The maximum Gasteiger partial charge on any atom is 0.113 e. The maximum absolute atomic E-state index is 3.57. The second kappa shape index (κ2) is 5.49. The first-order valence-electron chi connectivity index (χ1n) is 3.26. The molecule has 0 bridgehead atoms. The molecule has 0 spiro atoms. The molecular weight excluding hydrogens is 106 g/mol. The fourth-order valence-electron chi connectivity index (χ4n) is 0.416. The molecule has 0 aliphatic rings. The summed E-state index contributed by atoms with van der Waals surface area (Å²) in [5.41, 5.74) is 1.40. The van der Waals surface area contributed by atoms with Crippen molar-refractivity contribution in [2.75, 3.05) is 0 Å². The SMILES string of the molecule is BB/C(C)=C/C=C\C=C. The number of hydrogen-bond acceptors (Lipinski definition) is 0. The molecule has 0 aromatic carbocycles. The third-order valence-corrected chi connectivity index (χ3v) is 1.19. The molecule has 46 valence electrons. The number of allylic oxidation sites excluding steroid dienone is 5. The molecule has 0 amide bonds. The van der Waals surface area contributed by atoms with Crippen molar-refractivity contribution in [2.24, 2.45) is 0 Å². The van der Waals surface area contributed by atoms with Crippen molar-refractivity contribution in [3.05, 3.63) is 36.4 Å². The van der Waals surface area contributed by atoms with Crippen molar-refractivity contribution in [3.8, 4) is 0 Å². The minimum absolute atomic E-state index is 1.13. The number of rotatable bonds is 3. The molecule has 0 saturated heterocycles. The van der Waals surface area contributed by atoms with Crippen molar-refractivity contribution in [1.82, 2.24) is 0 Å². The van der Waals surface area contributed by atoms with Gasteiger partial charge in [0.15, 0.2) is 0 Å². The van der Waals surface area contributed by atoms with Gasteiger partial charge in [-0.05, 0) is 0 Å². The minimum Gasteiger partial charge on any atom is -0.117 e. The molecule has 0 aromatic rings. The standard InChI is InChI=1S/C7H12B2/c1-3-4-5-6-7(2)9-8/h3-6,9H,1,8H2,2H3/b5-4-,7-6+. The highest BCUT2D eigenvalue weighted by Crippen LogP contribution is 1.87. The lowest BCUT2D eigenvalue weighted by Gasteiger charge is -1.85. The van der Waals surface area contributed by atoms with Gasteiger partial charge in [0.25, 0.3) is 0 Å². The Morgan fingerprint density at radius 1 is 1.56 bits per heavy atom. The van der Waals surface area contributed by atoms with Crippen LogP contribution in [0.15, 0.2) is 36.4 Å². The van der Waals surface area contributed by atoms with Gasteiger partial charge in [0.2, 0.25) is 0 Å². The van der Waals surface area contributed by atoms with Crippen LogP contribution in [0.5, 0.6) is 0 Å². The lowest BCUT2D eigenvalue weighted by molar-refractivity contribution is 1.65. The molecule has 0 nitrogen and oxygen atoms in total. The Balaban J connectivity index is 3.67. The third kappa shape index (κ3) is 5.22. The lowest BCUT2D eigenvalue weighted by atomic mass is 9.51. The second-order valence-corrected chi connectivity index (χ2v) is 1.99. The van der Waals surface area contributed by atoms with Crippen molar-refractivity contribution < 1.29 is 0 Å². The Bertz CT molecular complexity index is 134. The van der Waals surface area contributed by atoms with E-state index in [0.717, 1.165) is 7.17 Å². The van der Waals surface area contributed by atoms with Crippen LogP contribution in [0.1, 0.15) is 6.92 Å². The Kier molecular flexibility index (Phi) is 5.09.